The fourth-order valence-electron chi connectivity index (χ4n) is 14.6. The lowest BCUT2D eigenvalue weighted by atomic mass is 9.90. The Kier molecular flexibility index (Phi) is 58.5. The quantitative estimate of drug-likeness (QED) is 0.0236. The van der Waals surface area contributed by atoms with E-state index in [0.717, 1.165) is 28.7 Å². The SMILES string of the molecule is CCC(=O)N[C@@H](Cc1ccccc1)C(=O)C[C@@H](CCCCN)C(=O)N[C@@H](CC(N)=O)C(N)=O.CCCCC(=O)N[C@@H](Cc1ccccc1)C(=O)C[C@@H](CCCCN)C(=O)N[C@@H](CC(N)=O)C(N)=O.NCCCC[C@H](CC(=O)[C@H](Cc1ccccc1)NC(=O)c1ccccc1)C(=O)N[C@@H](CC(N)=O)C(N)=O.NCCCC[C@H](CC(=O)[C@H](Cc1ccccc1)NC(=O)c1ccoc1)C(=O)N[C@@H](CC(N)=O)C(N)=O. The van der Waals surface area contributed by atoms with Gasteiger partial charge in [-0.2, -0.15) is 0 Å². The van der Waals surface area contributed by atoms with E-state index in [1.165, 1.54) is 18.6 Å². The Morgan fingerprint density at radius 2 is 0.518 bits per heavy atom. The molecule has 0 fully saturated rings. The molecule has 0 unspecified atom stereocenters. The molecule has 41 nitrogen and oxygen atoms in total. The van der Waals surface area contributed by atoms with Crippen LogP contribution in [0.25, 0.3) is 0 Å². The van der Waals surface area contributed by atoms with Crippen LogP contribution in [-0.4, -0.2) is 192 Å². The van der Waals surface area contributed by atoms with Crippen LogP contribution in [0.2, 0.25) is 0 Å². The van der Waals surface area contributed by atoms with E-state index in [2.05, 4.69) is 42.5 Å². The molecular formula is C100H142N20O21. The van der Waals surface area contributed by atoms with E-state index in [4.69, 9.17) is 73.2 Å². The number of primary amides is 8. The molecule has 0 bridgehead atoms. The predicted molar refractivity (Wildman–Crippen MR) is 526 cm³/mol. The molecule has 1 heterocycles. The lowest BCUT2D eigenvalue weighted by Gasteiger charge is -2.23. The summed E-state index contributed by atoms with van der Waals surface area (Å²) >= 11 is 0. The Morgan fingerprint density at radius 3 is 0.745 bits per heavy atom. The summed E-state index contributed by atoms with van der Waals surface area (Å²) in [6.07, 6.45) is 9.44. The molecule has 6 rings (SSSR count). The first kappa shape index (κ1) is 121. The fraction of sp³-hybridized carbons (Fsp3) is 0.460. The van der Waals surface area contributed by atoms with Crippen molar-refractivity contribution < 1.29 is 100 Å². The standard InChI is InChI=1S/C27H35N5O5.C25H33N5O6.C25H39N5O5.C23H35N5O5/c28-14-8-7-13-20(27(37)32-22(25(30)35)17-24(29)34)16-23(33)21(15-18-9-3-1-4-10-18)31-26(36)19-11-5-2-6-12-19;26-10-5-4-8-17(24(34)30-20(23(28)33)14-22(27)32)13-21(31)19(12-16-6-2-1-3-7-16)29-25(35)18-9-11-36-15-18;1-2-3-12-23(33)29-19(14-17-9-5-4-6-10-17)21(31)15-18(11-7-8-13-26)25(35)30-20(24(28)34)16-22(27)32;1-2-21(31)27-17(12-15-8-4-3-5-9-15)19(29)13-16(10-6-7-11-24)23(33)28-18(22(26)32)14-20(25)30/h1-6,9-12,20-22H,7-8,13-17,28H2,(H2,29,34)(H2,30,35)(H,31,36)(H,32,37);1-3,6-7,9,11,15,17,19-20H,4-5,8,10,12-14,26H2,(H2,27,32)(H2,28,33)(H,29,35)(H,30,34);4-6,9-10,18-20H,2-3,7-8,11-16,26H2,1H3,(H2,27,32)(H2,28,34)(H,29,33)(H,30,35);3-5,8-9,16-18H,2,6-7,10-14,24H2,1H3,(H2,25,30)(H2,26,32)(H,27,31)(H,28,33)/t20-,21+,22+;17-,19+,20+;18-,19+,20+;16-,17+,18+/m1111/s1. The molecule has 6 aromatic rings. The summed E-state index contributed by atoms with van der Waals surface area (Å²) < 4.78 is 4.95. The maximum absolute atomic E-state index is 13.5. The van der Waals surface area contributed by atoms with E-state index in [9.17, 15) is 95.9 Å². The summed E-state index contributed by atoms with van der Waals surface area (Å²) in [5.74, 6) is -15.1. The molecule has 0 aliphatic heterocycles. The summed E-state index contributed by atoms with van der Waals surface area (Å²) in [6, 6.07) is 38.4. The summed E-state index contributed by atoms with van der Waals surface area (Å²) in [5, 5.41) is 20.9. The predicted octanol–water partition coefficient (Wildman–Crippen LogP) is 0.876. The Balaban J connectivity index is 0.000000484. The van der Waals surface area contributed by atoms with Gasteiger partial charge in [0.15, 0.2) is 23.1 Å². The lowest BCUT2D eigenvalue weighted by Crippen LogP contribution is -2.49. The molecule has 12 atom stereocenters. The van der Waals surface area contributed by atoms with Crippen LogP contribution in [0.15, 0.2) is 175 Å². The van der Waals surface area contributed by atoms with Gasteiger partial charge in [-0.1, -0.05) is 185 Å². The molecule has 41 heteroatoms. The Hall–Kier alpha value is -14.6. The van der Waals surface area contributed by atoms with Crippen LogP contribution in [0.5, 0.6) is 0 Å². The lowest BCUT2D eigenvalue weighted by molar-refractivity contribution is -0.134. The van der Waals surface area contributed by atoms with Crippen molar-refractivity contribution in [2.24, 2.45) is 92.5 Å². The highest BCUT2D eigenvalue weighted by Gasteiger charge is 2.37. The first-order chi connectivity index (χ1) is 67.3. The van der Waals surface area contributed by atoms with Crippen molar-refractivity contribution in [1.29, 1.82) is 0 Å². The first-order valence-corrected chi connectivity index (χ1v) is 47.1. The highest BCUT2D eigenvalue weighted by Crippen LogP contribution is 2.24. The molecule has 5 aromatic carbocycles. The average Bonchev–Trinajstić information content (AvgIpc) is 1.78. The van der Waals surface area contributed by atoms with Gasteiger partial charge < -0.3 is 116 Å². The topological polar surface area (TPSA) is 763 Å². The number of rotatable bonds is 66. The number of carbonyl (C=O) groups is 20. The molecule has 0 saturated heterocycles. The van der Waals surface area contributed by atoms with E-state index < -0.39 is 180 Å². The second-order valence-corrected chi connectivity index (χ2v) is 34.0. The van der Waals surface area contributed by atoms with Crippen molar-refractivity contribution in [2.75, 3.05) is 26.2 Å². The monoisotopic (exact) mass is 1960 g/mol. The van der Waals surface area contributed by atoms with E-state index in [1.54, 1.807) is 37.3 Å². The molecule has 0 saturated carbocycles. The molecule has 0 aliphatic carbocycles. The molecule has 141 heavy (non-hydrogen) atoms. The molecule has 1 aromatic heterocycles. The minimum Gasteiger partial charge on any atom is -0.472 e. The second-order valence-electron chi connectivity index (χ2n) is 34.0. The third-order valence-corrected chi connectivity index (χ3v) is 22.4. The number of ketones is 4. The summed E-state index contributed by atoms with van der Waals surface area (Å²) in [5.41, 5.74) is 68.1. The van der Waals surface area contributed by atoms with Gasteiger partial charge in [0, 0.05) is 67.8 Å². The fourth-order valence-corrected chi connectivity index (χ4v) is 14.6. The molecule has 32 N–H and O–H groups in total. The van der Waals surface area contributed by atoms with Crippen LogP contribution in [0.4, 0.5) is 0 Å². The minimum absolute atomic E-state index is 0.149. The number of nitrogens with one attached hydrogen (secondary N) is 8. The normalized spacial score (nSPS) is 13.3. The van der Waals surface area contributed by atoms with Crippen LogP contribution in [0, 0.1) is 23.7 Å². The van der Waals surface area contributed by atoms with Gasteiger partial charge in [0.1, 0.15) is 30.4 Å². The summed E-state index contributed by atoms with van der Waals surface area (Å²) in [7, 11) is 0. The highest BCUT2D eigenvalue weighted by atomic mass is 16.3. The second kappa shape index (κ2) is 68.4. The van der Waals surface area contributed by atoms with Gasteiger partial charge in [-0.05, 0) is 150 Å². The number of hydrogen-bond donors (Lipinski definition) is 20. The third kappa shape index (κ3) is 50.5. The van der Waals surface area contributed by atoms with Gasteiger partial charge >= 0.3 is 0 Å². The number of unbranched alkanes of at least 4 members (excludes halogenated alkanes) is 5. The zero-order valence-electron chi connectivity index (χ0n) is 80.2. The molecule has 0 aliphatic rings. The van der Waals surface area contributed by atoms with E-state index in [0.29, 0.717) is 128 Å². The first-order valence-electron chi connectivity index (χ1n) is 47.1. The Morgan fingerprint density at radius 1 is 0.270 bits per heavy atom. The molecule has 0 spiro atoms. The van der Waals surface area contributed by atoms with Gasteiger partial charge in [-0.15, -0.1) is 0 Å². The number of hydrogen-bond acceptors (Lipinski definition) is 25. The van der Waals surface area contributed by atoms with Gasteiger partial charge in [-0.3, -0.25) is 95.9 Å². The third-order valence-electron chi connectivity index (χ3n) is 22.4. The number of amides is 16. The average molecular weight is 1960 g/mol. The summed E-state index contributed by atoms with van der Waals surface area (Å²) in [6.45, 7) is 5.34. The largest absolute Gasteiger partial charge is 0.472 e. The van der Waals surface area contributed by atoms with Gasteiger partial charge in [0.2, 0.25) is 82.7 Å². The van der Waals surface area contributed by atoms with Crippen molar-refractivity contribution in [2.45, 2.75) is 242 Å². The van der Waals surface area contributed by atoms with E-state index in [1.807, 2.05) is 128 Å². The zero-order chi connectivity index (χ0) is 105. The molecule has 16 amide bonds. The zero-order valence-corrected chi connectivity index (χ0v) is 80.2. The van der Waals surface area contributed by atoms with Crippen LogP contribution in [-0.2, 0) is 112 Å². The minimum atomic E-state index is -1.29. The van der Waals surface area contributed by atoms with Crippen molar-refractivity contribution in [1.82, 2.24) is 42.5 Å². The highest BCUT2D eigenvalue weighted by molar-refractivity contribution is 6.02. The van der Waals surface area contributed by atoms with Crippen LogP contribution in [0.1, 0.15) is 211 Å². The maximum atomic E-state index is 13.5. The Bertz CT molecular complexity index is 4970. The summed E-state index contributed by atoms with van der Waals surface area (Å²) in [4.78, 5) is 247. The van der Waals surface area contributed by atoms with E-state index in [-0.39, 0.29) is 91.9 Å². The number of furan rings is 1. The van der Waals surface area contributed by atoms with Crippen LogP contribution < -0.4 is 111 Å². The number of benzene rings is 5. The maximum Gasteiger partial charge on any atom is 0.255 e. The van der Waals surface area contributed by atoms with E-state index >= 15 is 0 Å². The van der Waals surface area contributed by atoms with Gasteiger partial charge in [0.05, 0.1) is 61.7 Å². The Labute approximate surface area is 820 Å². The molecule has 0 radical (unpaired) electrons. The molecule has 768 valence electrons. The van der Waals surface area contributed by atoms with Crippen molar-refractivity contribution in [3.8, 4) is 0 Å². The number of nitrogens with two attached hydrogens (primary N) is 12. The smallest absolute Gasteiger partial charge is 0.255 e. The van der Waals surface area contributed by atoms with Gasteiger partial charge in [-0.25, -0.2) is 0 Å². The number of Topliss-reactive ketones (excluding diaryl/α,β-unsaturated/α-hetero) is 4. The van der Waals surface area contributed by atoms with Gasteiger partial charge in [0.25, 0.3) is 11.8 Å². The van der Waals surface area contributed by atoms with Crippen LogP contribution >= 0.6 is 0 Å². The van der Waals surface area contributed by atoms with Crippen molar-refractivity contribution in [3.05, 3.63) is 204 Å². The van der Waals surface area contributed by atoms with Crippen molar-refractivity contribution in [3.63, 3.8) is 0 Å². The van der Waals surface area contributed by atoms with Crippen molar-refractivity contribution >= 4 is 118 Å². The molecular weight excluding hydrogens is 1820 g/mol. The number of carbonyl (C=O) groups excluding carboxylic acids is 20. The van der Waals surface area contributed by atoms with Crippen LogP contribution in [0.3, 0.4) is 0 Å².